The molecule has 23 heavy (non-hydrogen) atoms. The van der Waals surface area contributed by atoms with E-state index in [1.807, 2.05) is 0 Å². The van der Waals surface area contributed by atoms with E-state index in [4.69, 9.17) is 4.74 Å². The predicted molar refractivity (Wildman–Crippen MR) is 79.7 cm³/mol. The maximum absolute atomic E-state index is 13.3. The van der Waals surface area contributed by atoms with E-state index in [9.17, 15) is 19.1 Å². The van der Waals surface area contributed by atoms with Crippen LogP contribution in [0.25, 0.3) is 10.9 Å². The van der Waals surface area contributed by atoms with Crippen molar-refractivity contribution in [1.29, 1.82) is 0 Å². The standard InChI is InChI=1S/C16H15FN2O4/c1-9-12(6-10-2-3-11(17)7-13(10)18-9)15(20)19-4-5-23-8-14(19)16(21)22/h2-3,6-7,14H,4-5,8H2,1H3,(H,21,22)/t14-/m0/s1. The number of carbonyl (C=O) groups excluding carboxylic acids is 1. The zero-order chi connectivity index (χ0) is 16.6. The van der Waals surface area contributed by atoms with E-state index in [-0.39, 0.29) is 13.2 Å². The van der Waals surface area contributed by atoms with Crippen molar-refractivity contribution < 1.29 is 23.8 Å². The number of amides is 1. The number of ether oxygens (including phenoxy) is 1. The Kier molecular flexibility index (Phi) is 3.96. The summed E-state index contributed by atoms with van der Waals surface area (Å²) in [5, 5.41) is 9.87. The van der Waals surface area contributed by atoms with Gasteiger partial charge in [0, 0.05) is 18.0 Å². The first-order chi connectivity index (χ1) is 11.0. The lowest BCUT2D eigenvalue weighted by atomic mass is 10.1. The van der Waals surface area contributed by atoms with Gasteiger partial charge in [-0.1, -0.05) is 0 Å². The second-order valence-electron chi connectivity index (χ2n) is 5.39. The molecule has 0 spiro atoms. The molecule has 1 aromatic carbocycles. The Morgan fingerprint density at radius 3 is 2.91 bits per heavy atom. The first-order valence-electron chi connectivity index (χ1n) is 7.16. The second kappa shape index (κ2) is 5.92. The summed E-state index contributed by atoms with van der Waals surface area (Å²) >= 11 is 0. The van der Waals surface area contributed by atoms with Gasteiger partial charge >= 0.3 is 5.97 Å². The van der Waals surface area contributed by atoms with Crippen LogP contribution in [0.2, 0.25) is 0 Å². The molecule has 2 aromatic rings. The Hall–Kier alpha value is -2.54. The number of carbonyl (C=O) groups is 2. The Balaban J connectivity index is 2.01. The normalized spacial score (nSPS) is 18.2. The highest BCUT2D eigenvalue weighted by molar-refractivity contribution is 6.00. The highest BCUT2D eigenvalue weighted by atomic mass is 19.1. The predicted octanol–water partition coefficient (Wildman–Crippen LogP) is 1.61. The van der Waals surface area contributed by atoms with Crippen LogP contribution in [0.5, 0.6) is 0 Å². The van der Waals surface area contributed by atoms with Crippen LogP contribution in [0.3, 0.4) is 0 Å². The molecule has 1 fully saturated rings. The summed E-state index contributed by atoms with van der Waals surface area (Å²) in [6.07, 6.45) is 0. The van der Waals surface area contributed by atoms with Gasteiger partial charge in [0.25, 0.3) is 5.91 Å². The van der Waals surface area contributed by atoms with Gasteiger partial charge in [-0.05, 0) is 25.1 Å². The first-order valence-corrected chi connectivity index (χ1v) is 7.16. The highest BCUT2D eigenvalue weighted by Gasteiger charge is 2.34. The number of aromatic nitrogens is 1. The fourth-order valence-electron chi connectivity index (χ4n) is 2.66. The van der Waals surface area contributed by atoms with Crippen LogP contribution in [0.1, 0.15) is 16.1 Å². The van der Waals surface area contributed by atoms with E-state index in [0.717, 1.165) is 0 Å². The van der Waals surface area contributed by atoms with Gasteiger partial charge in [0.2, 0.25) is 0 Å². The fraction of sp³-hybridized carbons (Fsp3) is 0.312. The maximum Gasteiger partial charge on any atom is 0.328 e. The van der Waals surface area contributed by atoms with Gasteiger partial charge in [-0.3, -0.25) is 9.78 Å². The Morgan fingerprint density at radius 1 is 1.39 bits per heavy atom. The molecule has 0 unspecified atom stereocenters. The maximum atomic E-state index is 13.3. The number of carboxylic acid groups (broad SMARTS) is 1. The number of fused-ring (bicyclic) bond motifs is 1. The van der Waals surface area contributed by atoms with Crippen LogP contribution in [0, 0.1) is 12.7 Å². The molecule has 1 N–H and O–H groups in total. The molecule has 3 rings (SSSR count). The molecule has 0 aliphatic carbocycles. The molecule has 1 aromatic heterocycles. The number of rotatable bonds is 2. The lowest BCUT2D eigenvalue weighted by molar-refractivity contribution is -0.147. The summed E-state index contributed by atoms with van der Waals surface area (Å²) in [6.45, 7) is 2.11. The monoisotopic (exact) mass is 318 g/mol. The Bertz CT molecular complexity index is 793. The van der Waals surface area contributed by atoms with Gasteiger partial charge < -0.3 is 14.7 Å². The SMILES string of the molecule is Cc1nc2cc(F)ccc2cc1C(=O)N1CCOC[C@H]1C(=O)O. The minimum absolute atomic E-state index is 0.0354. The topological polar surface area (TPSA) is 79.7 Å². The minimum atomic E-state index is -1.11. The summed E-state index contributed by atoms with van der Waals surface area (Å²) in [5.74, 6) is -1.91. The third kappa shape index (κ3) is 2.87. The van der Waals surface area contributed by atoms with Gasteiger partial charge in [-0.2, -0.15) is 0 Å². The van der Waals surface area contributed by atoms with Crippen LogP contribution in [-0.4, -0.2) is 52.7 Å². The van der Waals surface area contributed by atoms with E-state index < -0.39 is 23.7 Å². The zero-order valence-electron chi connectivity index (χ0n) is 12.5. The number of benzene rings is 1. The molecule has 1 saturated heterocycles. The second-order valence-corrected chi connectivity index (χ2v) is 5.39. The molecule has 1 atom stereocenters. The van der Waals surface area contributed by atoms with Crippen molar-refractivity contribution in [2.45, 2.75) is 13.0 Å². The van der Waals surface area contributed by atoms with Crippen molar-refractivity contribution in [3.63, 3.8) is 0 Å². The van der Waals surface area contributed by atoms with E-state index in [0.29, 0.717) is 28.8 Å². The minimum Gasteiger partial charge on any atom is -0.480 e. The molecule has 1 aliphatic heterocycles. The zero-order valence-corrected chi connectivity index (χ0v) is 12.5. The molecular weight excluding hydrogens is 303 g/mol. The van der Waals surface area contributed by atoms with E-state index >= 15 is 0 Å². The number of carboxylic acids is 1. The first kappa shape index (κ1) is 15.4. The van der Waals surface area contributed by atoms with Crippen LogP contribution in [0.15, 0.2) is 24.3 Å². The quantitative estimate of drug-likeness (QED) is 0.910. The summed E-state index contributed by atoms with van der Waals surface area (Å²) < 4.78 is 18.4. The lowest BCUT2D eigenvalue weighted by Gasteiger charge is -2.33. The summed E-state index contributed by atoms with van der Waals surface area (Å²) in [7, 11) is 0. The van der Waals surface area contributed by atoms with Crippen molar-refractivity contribution in [3.8, 4) is 0 Å². The number of aryl methyl sites for hydroxylation is 1. The molecular formula is C16H15FN2O4. The van der Waals surface area contributed by atoms with E-state index in [2.05, 4.69) is 4.98 Å². The number of hydrogen-bond donors (Lipinski definition) is 1. The molecule has 120 valence electrons. The smallest absolute Gasteiger partial charge is 0.328 e. The fourth-order valence-corrected chi connectivity index (χ4v) is 2.66. The third-order valence-corrected chi connectivity index (χ3v) is 3.88. The van der Waals surface area contributed by atoms with Crippen molar-refractivity contribution in [3.05, 3.63) is 41.3 Å². The molecule has 7 heteroatoms. The number of halogens is 1. The number of hydrogen-bond acceptors (Lipinski definition) is 4. The molecule has 1 aliphatic rings. The largest absolute Gasteiger partial charge is 0.480 e. The number of pyridine rings is 1. The van der Waals surface area contributed by atoms with Crippen LogP contribution >= 0.6 is 0 Å². The Morgan fingerprint density at radius 2 is 2.17 bits per heavy atom. The Labute approximate surface area is 131 Å². The average molecular weight is 318 g/mol. The molecule has 0 radical (unpaired) electrons. The van der Waals surface area contributed by atoms with E-state index in [1.54, 1.807) is 19.1 Å². The third-order valence-electron chi connectivity index (χ3n) is 3.88. The van der Waals surface area contributed by atoms with Crippen molar-refractivity contribution >= 4 is 22.8 Å². The number of morpholine rings is 1. The molecule has 0 bridgehead atoms. The van der Waals surface area contributed by atoms with Gasteiger partial charge in [-0.25, -0.2) is 9.18 Å². The van der Waals surface area contributed by atoms with E-state index in [1.165, 1.54) is 17.0 Å². The average Bonchev–Trinajstić information content (AvgIpc) is 2.53. The van der Waals surface area contributed by atoms with Crippen molar-refractivity contribution in [2.75, 3.05) is 19.8 Å². The highest BCUT2D eigenvalue weighted by Crippen LogP contribution is 2.21. The number of aliphatic carboxylic acids is 1. The van der Waals surface area contributed by atoms with Crippen LogP contribution < -0.4 is 0 Å². The summed E-state index contributed by atoms with van der Waals surface area (Å²) in [6, 6.07) is 4.74. The van der Waals surface area contributed by atoms with Gasteiger partial charge in [-0.15, -0.1) is 0 Å². The number of nitrogens with zero attached hydrogens (tertiary/aromatic N) is 2. The summed E-state index contributed by atoms with van der Waals surface area (Å²) in [5.41, 5.74) is 1.21. The van der Waals surface area contributed by atoms with Gasteiger partial charge in [0.05, 0.1) is 30.0 Å². The van der Waals surface area contributed by atoms with Crippen LogP contribution in [0.4, 0.5) is 4.39 Å². The molecule has 2 heterocycles. The van der Waals surface area contributed by atoms with Gasteiger partial charge in [0.15, 0.2) is 6.04 Å². The van der Waals surface area contributed by atoms with Crippen LogP contribution in [-0.2, 0) is 9.53 Å². The molecule has 0 saturated carbocycles. The molecule has 6 nitrogen and oxygen atoms in total. The summed E-state index contributed by atoms with van der Waals surface area (Å²) in [4.78, 5) is 29.6. The van der Waals surface area contributed by atoms with Crippen molar-refractivity contribution in [2.24, 2.45) is 0 Å². The van der Waals surface area contributed by atoms with Crippen molar-refractivity contribution in [1.82, 2.24) is 9.88 Å². The van der Waals surface area contributed by atoms with Gasteiger partial charge in [0.1, 0.15) is 5.82 Å². The molecule has 1 amide bonds. The lowest BCUT2D eigenvalue weighted by Crippen LogP contribution is -2.52.